The number of halogens is 3. The normalized spacial score (nSPS) is 17.9. The van der Waals surface area contributed by atoms with E-state index in [9.17, 15) is 19.2 Å². The number of fused-ring (bicyclic) bond motifs is 2. The minimum absolute atomic E-state index is 0.00924. The van der Waals surface area contributed by atoms with Crippen LogP contribution in [0.25, 0.3) is 21.9 Å². The summed E-state index contributed by atoms with van der Waals surface area (Å²) in [6, 6.07) is 12.7. The highest BCUT2D eigenvalue weighted by Crippen LogP contribution is 2.41. The van der Waals surface area contributed by atoms with Crippen molar-refractivity contribution in [3.8, 4) is 23.4 Å². The number of likely N-dealkylation sites (tertiary alicyclic amines) is 1. The van der Waals surface area contributed by atoms with Gasteiger partial charge in [-0.3, -0.25) is 9.58 Å². The number of carbonyl (C=O) groups excluding carboxylic acids is 2. The van der Waals surface area contributed by atoms with Gasteiger partial charge in [-0.1, -0.05) is 6.92 Å². The van der Waals surface area contributed by atoms with Gasteiger partial charge in [-0.15, -0.1) is 0 Å². The van der Waals surface area contributed by atoms with Gasteiger partial charge < -0.3 is 29.2 Å². The van der Waals surface area contributed by atoms with E-state index >= 15 is 8.78 Å². The van der Waals surface area contributed by atoms with Crippen molar-refractivity contribution in [1.29, 1.82) is 5.26 Å². The smallest absolute Gasteiger partial charge is 0.322 e. The molecule has 0 unspecified atom stereocenters. The standard InChI is InChI=1S/C43H49F3N10O4S/c1-5-53(3)61-52-35-14-12-33(44)40(32(35)24-47)60-29-11-13-36-37(21-29)50-39(25-49-36)59-26-43(46)15-18-55(19-16-43)28-9-7-27(8-10-28)30-23-38-31(22-34(30)45)41(51-54(38)4)56(17-6-20-57)42(58)48-2/h11-14,20-23,25,27-28,52H,5-10,15-19,26H2,1-4H3,(H,48,58). The van der Waals surface area contributed by atoms with E-state index in [1.54, 1.807) is 29.9 Å². The lowest BCUT2D eigenvalue weighted by atomic mass is 9.80. The number of hydrogen-bond acceptors (Lipinski definition) is 12. The number of nitriles is 1. The Labute approximate surface area is 356 Å². The first kappa shape index (κ1) is 43.4. The van der Waals surface area contributed by atoms with E-state index in [2.05, 4.69) is 30.0 Å². The number of benzene rings is 3. The summed E-state index contributed by atoms with van der Waals surface area (Å²) in [5.74, 6) is -0.582. The molecule has 2 N–H and O–H groups in total. The van der Waals surface area contributed by atoms with Crippen LogP contribution in [-0.2, 0) is 11.8 Å². The molecule has 61 heavy (non-hydrogen) atoms. The monoisotopic (exact) mass is 858 g/mol. The van der Waals surface area contributed by atoms with E-state index < -0.39 is 17.5 Å². The third-order valence-corrected chi connectivity index (χ3v) is 12.5. The van der Waals surface area contributed by atoms with Crippen LogP contribution in [0.1, 0.15) is 68.9 Å². The molecule has 1 aliphatic carbocycles. The van der Waals surface area contributed by atoms with E-state index in [1.165, 1.54) is 48.5 Å². The number of aryl methyl sites for hydroxylation is 1. The largest absolute Gasteiger partial charge is 0.473 e. The highest BCUT2D eigenvalue weighted by molar-refractivity contribution is 7.98. The summed E-state index contributed by atoms with van der Waals surface area (Å²) in [6.07, 6.45) is 6.13. The second-order valence-electron chi connectivity index (χ2n) is 15.5. The van der Waals surface area contributed by atoms with Gasteiger partial charge >= 0.3 is 6.03 Å². The summed E-state index contributed by atoms with van der Waals surface area (Å²) in [5, 5.41) is 17.5. The number of urea groups is 1. The molecular formula is C43H49F3N10O4S. The zero-order chi connectivity index (χ0) is 43.3. The maximum Gasteiger partial charge on any atom is 0.322 e. The molecule has 0 spiro atoms. The molecule has 1 saturated heterocycles. The fraction of sp³-hybridized carbons (Fsp3) is 0.442. The van der Waals surface area contributed by atoms with Gasteiger partial charge in [0.2, 0.25) is 5.88 Å². The Hall–Kier alpha value is -5.64. The number of amides is 2. The zero-order valence-electron chi connectivity index (χ0n) is 34.6. The lowest BCUT2D eigenvalue weighted by Gasteiger charge is -2.42. The number of piperidine rings is 1. The second-order valence-corrected chi connectivity index (χ2v) is 16.5. The molecule has 2 amide bonds. The number of aromatic nitrogens is 4. The van der Waals surface area contributed by atoms with Crippen molar-refractivity contribution in [2.45, 2.75) is 69.5 Å². The summed E-state index contributed by atoms with van der Waals surface area (Å²) >= 11 is 1.27. The van der Waals surface area contributed by atoms with Gasteiger partial charge in [-0.2, -0.15) is 10.4 Å². The van der Waals surface area contributed by atoms with Crippen molar-refractivity contribution in [2.24, 2.45) is 7.05 Å². The van der Waals surface area contributed by atoms with E-state index in [0.29, 0.717) is 52.1 Å². The number of hydrogen-bond donors (Lipinski definition) is 2. The molecule has 0 atom stereocenters. The van der Waals surface area contributed by atoms with Crippen LogP contribution >= 0.6 is 12.1 Å². The first-order valence-electron chi connectivity index (χ1n) is 20.4. The number of ether oxygens (including phenoxy) is 2. The SMILES string of the molecule is CCN(C)SNc1ccc(F)c(Oc2ccc3ncc(OCC4(F)CCN(C5CCC(c6cc7c(cc6F)c(N(CCC=O)C(=O)NC)nn7C)CC5)CC4)nc3c2)c1C#N. The van der Waals surface area contributed by atoms with Crippen molar-refractivity contribution in [3.05, 3.63) is 71.4 Å². The molecular weight excluding hydrogens is 810 g/mol. The van der Waals surface area contributed by atoms with Gasteiger partial charge in [-0.05, 0) is 93.5 Å². The van der Waals surface area contributed by atoms with Crippen LogP contribution < -0.4 is 24.4 Å². The Morgan fingerprint density at radius 3 is 2.57 bits per heavy atom. The highest BCUT2D eigenvalue weighted by Gasteiger charge is 2.39. The number of aldehydes is 1. The third kappa shape index (κ3) is 9.64. The molecule has 0 radical (unpaired) electrons. The Kier molecular flexibility index (Phi) is 13.5. The minimum atomic E-state index is -1.56. The fourth-order valence-corrected chi connectivity index (χ4v) is 8.62. The average Bonchev–Trinajstić information content (AvgIpc) is 3.59. The van der Waals surface area contributed by atoms with E-state index in [1.807, 2.05) is 30.4 Å². The number of anilines is 2. The molecule has 0 bridgehead atoms. The molecule has 322 valence electrons. The summed E-state index contributed by atoms with van der Waals surface area (Å²) < 4.78 is 65.3. The lowest BCUT2D eigenvalue weighted by molar-refractivity contribution is -0.107. The van der Waals surface area contributed by atoms with Crippen molar-refractivity contribution in [1.82, 2.24) is 34.3 Å². The average molecular weight is 859 g/mol. The first-order valence-corrected chi connectivity index (χ1v) is 21.2. The number of rotatable bonds is 15. The van der Waals surface area contributed by atoms with Crippen LogP contribution in [0.4, 0.5) is 29.5 Å². The molecule has 1 saturated carbocycles. The number of nitrogens with zero attached hydrogens (tertiary/aromatic N) is 8. The van der Waals surface area contributed by atoms with Gasteiger partial charge in [0.15, 0.2) is 17.4 Å². The number of alkyl halides is 1. The zero-order valence-corrected chi connectivity index (χ0v) is 35.4. The summed E-state index contributed by atoms with van der Waals surface area (Å²) in [5.41, 5.74) is 1.10. The van der Waals surface area contributed by atoms with E-state index in [-0.39, 0.29) is 73.1 Å². The van der Waals surface area contributed by atoms with Gasteiger partial charge in [0.05, 0.1) is 28.4 Å². The fourth-order valence-electron chi connectivity index (χ4n) is 8.07. The predicted octanol–water partition coefficient (Wildman–Crippen LogP) is 8.03. The van der Waals surface area contributed by atoms with Crippen molar-refractivity contribution in [3.63, 3.8) is 0 Å². The maximum absolute atomic E-state index is 16.2. The van der Waals surface area contributed by atoms with Crippen LogP contribution in [0.2, 0.25) is 0 Å². The van der Waals surface area contributed by atoms with Crippen molar-refractivity contribution in [2.75, 3.05) is 56.5 Å². The quantitative estimate of drug-likeness (QED) is 0.0774. The molecule has 7 rings (SSSR count). The van der Waals surface area contributed by atoms with E-state index in [4.69, 9.17) is 9.47 Å². The summed E-state index contributed by atoms with van der Waals surface area (Å²) in [4.78, 5) is 36.3. The molecule has 1 aliphatic heterocycles. The van der Waals surface area contributed by atoms with Gasteiger partial charge in [-0.25, -0.2) is 32.2 Å². The van der Waals surface area contributed by atoms with Gasteiger partial charge in [0.25, 0.3) is 0 Å². The number of carbonyl (C=O) groups is 2. The maximum atomic E-state index is 16.2. The van der Waals surface area contributed by atoms with Crippen molar-refractivity contribution >= 4 is 57.9 Å². The Morgan fingerprint density at radius 2 is 1.87 bits per heavy atom. The highest BCUT2D eigenvalue weighted by atomic mass is 32.2. The molecule has 14 nitrogen and oxygen atoms in total. The van der Waals surface area contributed by atoms with Gasteiger partial charge in [0, 0.05) is 76.3 Å². The lowest BCUT2D eigenvalue weighted by Crippen LogP contribution is -2.49. The van der Waals surface area contributed by atoms with Crippen LogP contribution in [0, 0.1) is 23.0 Å². The second kappa shape index (κ2) is 19.0. The summed E-state index contributed by atoms with van der Waals surface area (Å²) in [6.45, 7) is 3.79. The topological polar surface area (TPSA) is 154 Å². The Balaban J connectivity index is 0.937. The summed E-state index contributed by atoms with van der Waals surface area (Å²) in [7, 11) is 5.13. The van der Waals surface area contributed by atoms with E-state index in [0.717, 1.165) is 38.5 Å². The predicted molar refractivity (Wildman–Crippen MR) is 229 cm³/mol. The molecule has 3 aromatic carbocycles. The van der Waals surface area contributed by atoms with Gasteiger partial charge in [0.1, 0.15) is 41.8 Å². The molecule has 18 heteroatoms. The minimum Gasteiger partial charge on any atom is -0.473 e. The Bertz CT molecular complexity index is 2430. The molecule has 3 heterocycles. The molecule has 2 aliphatic rings. The van der Waals surface area contributed by atoms with Crippen molar-refractivity contribution < 1.29 is 32.2 Å². The van der Waals surface area contributed by atoms with Crippen LogP contribution in [0.5, 0.6) is 17.4 Å². The molecule has 5 aromatic rings. The molecule has 2 fully saturated rings. The first-order chi connectivity index (χ1) is 29.4. The van der Waals surface area contributed by atoms with Crippen LogP contribution in [0.15, 0.2) is 48.7 Å². The van der Waals surface area contributed by atoms with Crippen LogP contribution in [0.3, 0.4) is 0 Å². The molecule has 2 aromatic heterocycles. The number of nitrogens with one attached hydrogen (secondary N) is 2. The third-order valence-electron chi connectivity index (χ3n) is 11.7. The Morgan fingerprint density at radius 1 is 1.10 bits per heavy atom. The van der Waals surface area contributed by atoms with Crippen LogP contribution in [-0.4, -0.2) is 99.9 Å².